The molecule has 1 aliphatic heterocycles. The molecular weight excluding hydrogens is 450 g/mol. The Morgan fingerprint density at radius 1 is 1.17 bits per heavy atom. The average molecular weight is 471 g/mol. The number of anilines is 3. The fourth-order valence-corrected chi connectivity index (χ4v) is 3.85. The number of hydrogen-bond donors (Lipinski definition) is 1. The summed E-state index contributed by atoms with van der Waals surface area (Å²) in [4.78, 5) is 33.6. The lowest BCUT2D eigenvalue weighted by molar-refractivity contribution is -0.384. The van der Waals surface area contributed by atoms with Crippen LogP contribution in [0.1, 0.15) is 16.8 Å². The molecule has 1 saturated heterocycles. The molecule has 0 aliphatic carbocycles. The summed E-state index contributed by atoms with van der Waals surface area (Å²) in [5.74, 6) is 1.04. The van der Waals surface area contributed by atoms with E-state index in [4.69, 9.17) is 4.74 Å². The molecule has 0 radical (unpaired) electrons. The maximum atomic E-state index is 11.7. The summed E-state index contributed by atoms with van der Waals surface area (Å²) in [6.45, 7) is 1.53. The Kier molecular flexibility index (Phi) is 5.80. The number of carbonyl (C=O) groups excluding carboxylic acids is 1. The van der Waals surface area contributed by atoms with Gasteiger partial charge in [0.2, 0.25) is 5.95 Å². The molecule has 11 heteroatoms. The smallest absolute Gasteiger partial charge is 0.294 e. The number of nitrogens with one attached hydrogen (secondary N) is 1. The minimum atomic E-state index is -0.411. The number of aldehydes is 1. The molecule has 1 aliphatic rings. The van der Waals surface area contributed by atoms with Gasteiger partial charge < -0.3 is 15.0 Å². The van der Waals surface area contributed by atoms with Gasteiger partial charge in [0.1, 0.15) is 17.1 Å². The Bertz CT molecular complexity index is 1400. The van der Waals surface area contributed by atoms with Crippen LogP contribution in [-0.2, 0) is 0 Å². The fraction of sp³-hybridized carbons (Fsp3) is 0.167. The van der Waals surface area contributed by atoms with Crippen LogP contribution in [0.15, 0.2) is 60.9 Å². The number of nitro groups is 1. The topological polar surface area (TPSA) is 128 Å². The van der Waals surface area contributed by atoms with Crippen molar-refractivity contribution in [2.75, 3.05) is 30.4 Å². The molecule has 176 valence electrons. The number of benzene rings is 2. The quantitative estimate of drug-likeness (QED) is 0.230. The largest absolute Gasteiger partial charge is 0.494 e. The summed E-state index contributed by atoms with van der Waals surface area (Å²) in [5, 5.41) is 19.3. The molecule has 0 bridgehead atoms. The van der Waals surface area contributed by atoms with Crippen LogP contribution in [-0.4, -0.2) is 51.2 Å². The normalized spacial score (nSPS) is 12.7. The lowest BCUT2D eigenvalue weighted by atomic mass is 10.1. The highest BCUT2D eigenvalue weighted by atomic mass is 16.6. The fourth-order valence-electron chi connectivity index (χ4n) is 3.85. The van der Waals surface area contributed by atoms with Gasteiger partial charge in [-0.15, -0.1) is 0 Å². The number of aromatic nitrogens is 4. The molecule has 0 unspecified atom stereocenters. The number of ether oxygens (including phenoxy) is 1. The highest BCUT2D eigenvalue weighted by Gasteiger charge is 2.27. The van der Waals surface area contributed by atoms with Crippen LogP contribution >= 0.6 is 0 Å². The molecule has 0 saturated carbocycles. The van der Waals surface area contributed by atoms with Gasteiger partial charge in [0.15, 0.2) is 12.1 Å². The summed E-state index contributed by atoms with van der Waals surface area (Å²) < 4.78 is 6.98. The van der Waals surface area contributed by atoms with Crippen molar-refractivity contribution < 1.29 is 14.5 Å². The van der Waals surface area contributed by atoms with Crippen LogP contribution in [0.3, 0.4) is 0 Å². The van der Waals surface area contributed by atoms with Crippen LogP contribution in [0, 0.1) is 10.1 Å². The van der Waals surface area contributed by atoms with Crippen molar-refractivity contribution in [3.8, 4) is 22.8 Å². The van der Waals surface area contributed by atoms with Gasteiger partial charge in [-0.1, -0.05) is 30.3 Å². The summed E-state index contributed by atoms with van der Waals surface area (Å²) in [6.07, 6.45) is 4.86. The Labute approximate surface area is 200 Å². The van der Waals surface area contributed by atoms with Crippen molar-refractivity contribution in [1.82, 2.24) is 19.7 Å². The van der Waals surface area contributed by atoms with Gasteiger partial charge in [0.05, 0.1) is 23.3 Å². The van der Waals surface area contributed by atoms with Crippen molar-refractivity contribution in [2.24, 2.45) is 0 Å². The molecular formula is C24H21N7O4. The summed E-state index contributed by atoms with van der Waals surface area (Å²) >= 11 is 0. The van der Waals surface area contributed by atoms with Crippen LogP contribution in [0.2, 0.25) is 0 Å². The molecule has 1 N–H and O–H groups in total. The van der Waals surface area contributed by atoms with Crippen LogP contribution in [0.4, 0.5) is 23.0 Å². The van der Waals surface area contributed by atoms with Crippen molar-refractivity contribution in [2.45, 2.75) is 6.42 Å². The van der Waals surface area contributed by atoms with Gasteiger partial charge >= 0.3 is 0 Å². The van der Waals surface area contributed by atoms with Gasteiger partial charge in [-0.2, -0.15) is 10.1 Å². The molecule has 35 heavy (non-hydrogen) atoms. The van der Waals surface area contributed by atoms with E-state index < -0.39 is 4.92 Å². The molecule has 0 spiro atoms. The Hall–Kier alpha value is -4.80. The van der Waals surface area contributed by atoms with E-state index in [1.165, 1.54) is 24.1 Å². The first-order valence-electron chi connectivity index (χ1n) is 10.9. The first-order valence-corrected chi connectivity index (χ1v) is 10.9. The molecule has 3 heterocycles. The Morgan fingerprint density at radius 3 is 2.63 bits per heavy atom. The number of nitrogens with zero attached hydrogens (tertiary/aromatic N) is 6. The van der Waals surface area contributed by atoms with E-state index in [0.717, 1.165) is 31.4 Å². The van der Waals surface area contributed by atoms with Crippen LogP contribution in [0.5, 0.6) is 5.75 Å². The van der Waals surface area contributed by atoms with Crippen LogP contribution < -0.4 is 15.0 Å². The lowest BCUT2D eigenvalue weighted by Gasteiger charge is -2.33. The second-order valence-electron chi connectivity index (χ2n) is 7.86. The monoisotopic (exact) mass is 471 g/mol. The van der Waals surface area contributed by atoms with E-state index in [1.807, 2.05) is 35.2 Å². The first-order chi connectivity index (χ1) is 17.1. The Morgan fingerprint density at radius 2 is 1.97 bits per heavy atom. The molecule has 5 rings (SSSR count). The van der Waals surface area contributed by atoms with E-state index >= 15 is 0 Å². The zero-order valence-corrected chi connectivity index (χ0v) is 18.8. The zero-order chi connectivity index (χ0) is 24.4. The van der Waals surface area contributed by atoms with Crippen molar-refractivity contribution in [3.05, 3.63) is 76.6 Å². The van der Waals surface area contributed by atoms with Gasteiger partial charge in [0, 0.05) is 49.2 Å². The number of methoxy groups -OCH3 is 1. The number of rotatable bonds is 8. The molecule has 1 fully saturated rings. The molecule has 11 nitrogen and oxygen atoms in total. The van der Waals surface area contributed by atoms with Crippen LogP contribution in [0.25, 0.3) is 17.1 Å². The van der Waals surface area contributed by atoms with E-state index in [9.17, 15) is 14.9 Å². The SMILES string of the molecule is COc1cc(N2CCC2)c([N+](=O)[O-])cc1Nc1nccc(-n2cc(C=O)c(-c3ccccc3)n2)n1. The maximum absolute atomic E-state index is 11.7. The maximum Gasteiger partial charge on any atom is 0.294 e. The standard InChI is InChI=1S/C24H21N7O4/c1-35-21-13-19(29-10-5-11-29)20(31(33)34)12-18(21)26-24-25-9-8-22(27-24)30-14-17(15-32)23(28-30)16-6-3-2-4-7-16/h2-4,6-9,12-15H,5,10-11H2,1H3,(H,25,26,27). The van der Waals surface area contributed by atoms with Crippen molar-refractivity contribution in [1.29, 1.82) is 0 Å². The van der Waals surface area contributed by atoms with E-state index in [1.54, 1.807) is 18.3 Å². The van der Waals surface area contributed by atoms with Gasteiger partial charge in [-0.3, -0.25) is 14.9 Å². The summed E-state index contributed by atoms with van der Waals surface area (Å²) in [5.41, 5.74) is 2.61. The third kappa shape index (κ3) is 4.26. The van der Waals surface area contributed by atoms with Gasteiger partial charge in [0.25, 0.3) is 5.69 Å². The van der Waals surface area contributed by atoms with E-state index in [0.29, 0.717) is 34.2 Å². The highest BCUT2D eigenvalue weighted by Crippen LogP contribution is 2.40. The third-order valence-corrected chi connectivity index (χ3v) is 5.73. The van der Waals surface area contributed by atoms with E-state index in [2.05, 4.69) is 20.4 Å². The molecule has 4 aromatic rings. The molecule has 2 aromatic carbocycles. The summed E-state index contributed by atoms with van der Waals surface area (Å²) in [6, 6.07) is 14.1. The second kappa shape index (κ2) is 9.21. The molecule has 2 aromatic heterocycles. The second-order valence-corrected chi connectivity index (χ2v) is 7.86. The summed E-state index contributed by atoms with van der Waals surface area (Å²) in [7, 11) is 1.50. The third-order valence-electron chi connectivity index (χ3n) is 5.73. The number of carbonyl (C=O) groups is 1. The lowest BCUT2D eigenvalue weighted by Crippen LogP contribution is -2.37. The van der Waals surface area contributed by atoms with Crippen molar-refractivity contribution >= 4 is 29.3 Å². The molecule has 0 amide bonds. The number of nitro benzene ring substituents is 1. The van der Waals surface area contributed by atoms with Gasteiger partial charge in [-0.25, -0.2) is 9.67 Å². The minimum Gasteiger partial charge on any atom is -0.494 e. The first kappa shape index (κ1) is 22.0. The van der Waals surface area contributed by atoms with E-state index in [-0.39, 0.29) is 11.6 Å². The predicted octanol–water partition coefficient (Wildman–Crippen LogP) is 4.01. The number of hydrogen-bond acceptors (Lipinski definition) is 9. The minimum absolute atomic E-state index is 0.0284. The average Bonchev–Trinajstić information content (AvgIpc) is 3.29. The van der Waals surface area contributed by atoms with Crippen molar-refractivity contribution in [3.63, 3.8) is 0 Å². The Balaban J connectivity index is 1.49. The predicted molar refractivity (Wildman–Crippen MR) is 130 cm³/mol. The highest BCUT2D eigenvalue weighted by molar-refractivity contribution is 5.85. The van der Waals surface area contributed by atoms with Gasteiger partial charge in [-0.05, 0) is 6.42 Å². The molecule has 0 atom stereocenters. The zero-order valence-electron chi connectivity index (χ0n) is 18.8.